The number of nitrogens with zero attached hydrogens (tertiary/aromatic N) is 1. The lowest BCUT2D eigenvalue weighted by molar-refractivity contribution is -0.890. The number of carbonyl (C=O) groups is 2. The Labute approximate surface area is 167 Å². The van der Waals surface area contributed by atoms with Crippen LogP contribution in [0.25, 0.3) is 0 Å². The molecule has 0 aliphatic heterocycles. The van der Waals surface area contributed by atoms with Crippen LogP contribution in [0.5, 0.6) is 0 Å². The molecule has 2 rings (SSSR count). The van der Waals surface area contributed by atoms with Gasteiger partial charge in [0, 0.05) is 31.0 Å². The highest BCUT2D eigenvalue weighted by molar-refractivity contribution is 6.39. The van der Waals surface area contributed by atoms with Crippen LogP contribution in [0, 0.1) is 13.8 Å². The normalized spacial score (nSPS) is 11.8. The average Bonchev–Trinajstić information content (AvgIpc) is 2.65. The number of hydrogen-bond donors (Lipinski definition) is 3. The van der Waals surface area contributed by atoms with E-state index >= 15 is 0 Å². The summed E-state index contributed by atoms with van der Waals surface area (Å²) in [7, 11) is 8.07. The fraction of sp³-hybridized carbons (Fsp3) is 0.364. The van der Waals surface area contributed by atoms with E-state index in [-0.39, 0.29) is 6.04 Å². The minimum atomic E-state index is -0.649. The van der Waals surface area contributed by atoms with Gasteiger partial charge in [-0.3, -0.25) is 9.59 Å². The molecule has 0 aliphatic carbocycles. The van der Waals surface area contributed by atoms with E-state index in [1.54, 1.807) is 6.07 Å². The minimum Gasteiger partial charge on any atom is -0.378 e. The van der Waals surface area contributed by atoms with Gasteiger partial charge in [-0.05, 0) is 43.2 Å². The van der Waals surface area contributed by atoms with E-state index in [0.29, 0.717) is 12.2 Å². The summed E-state index contributed by atoms with van der Waals surface area (Å²) >= 11 is 0. The van der Waals surface area contributed by atoms with Crippen molar-refractivity contribution in [2.75, 3.05) is 45.0 Å². The van der Waals surface area contributed by atoms with Crippen LogP contribution in [0.2, 0.25) is 0 Å². The Morgan fingerprint density at radius 1 is 1.00 bits per heavy atom. The fourth-order valence-electron chi connectivity index (χ4n) is 3.00. The Morgan fingerprint density at radius 2 is 1.64 bits per heavy atom. The first-order valence-electron chi connectivity index (χ1n) is 9.43. The zero-order valence-corrected chi connectivity index (χ0v) is 17.6. The van der Waals surface area contributed by atoms with E-state index in [2.05, 4.69) is 34.9 Å². The van der Waals surface area contributed by atoms with Gasteiger partial charge in [0.15, 0.2) is 0 Å². The second kappa shape index (κ2) is 9.37. The summed E-state index contributed by atoms with van der Waals surface area (Å²) in [4.78, 5) is 27.8. The maximum absolute atomic E-state index is 12.3. The van der Waals surface area contributed by atoms with Gasteiger partial charge >= 0.3 is 11.8 Å². The molecule has 0 aliphatic rings. The molecule has 0 unspecified atom stereocenters. The van der Waals surface area contributed by atoms with Crippen LogP contribution in [-0.2, 0) is 9.59 Å². The van der Waals surface area contributed by atoms with E-state index in [1.807, 2.05) is 59.1 Å². The molecule has 0 saturated carbocycles. The van der Waals surface area contributed by atoms with Crippen molar-refractivity contribution in [3.8, 4) is 0 Å². The SMILES string of the molecule is Cc1cccc(NC(=O)C(=O)NC[C@@H](c2ccc(N(C)C)cc2)[NH+](C)C)c1C. The van der Waals surface area contributed by atoms with Crippen molar-refractivity contribution >= 4 is 23.2 Å². The molecule has 6 heteroatoms. The molecule has 2 aromatic rings. The molecule has 0 fully saturated rings. The van der Waals surface area contributed by atoms with Crippen molar-refractivity contribution in [2.45, 2.75) is 19.9 Å². The molecular formula is C22H31N4O2+. The van der Waals surface area contributed by atoms with Gasteiger partial charge in [-0.15, -0.1) is 0 Å². The van der Waals surface area contributed by atoms with Crippen molar-refractivity contribution in [1.82, 2.24) is 5.32 Å². The van der Waals surface area contributed by atoms with Crippen molar-refractivity contribution < 1.29 is 14.5 Å². The third kappa shape index (κ3) is 5.33. The van der Waals surface area contributed by atoms with Gasteiger partial charge in [-0.25, -0.2) is 0 Å². The van der Waals surface area contributed by atoms with Crippen molar-refractivity contribution in [2.24, 2.45) is 0 Å². The molecule has 0 heterocycles. The first kappa shape index (κ1) is 21.4. The van der Waals surface area contributed by atoms with Crippen LogP contribution < -0.4 is 20.4 Å². The summed E-state index contributed by atoms with van der Waals surface area (Å²) in [6.07, 6.45) is 0. The molecule has 0 bridgehead atoms. The topological polar surface area (TPSA) is 65.9 Å². The molecule has 0 spiro atoms. The average molecular weight is 384 g/mol. The van der Waals surface area contributed by atoms with Crippen molar-refractivity contribution in [1.29, 1.82) is 0 Å². The highest BCUT2D eigenvalue weighted by Crippen LogP contribution is 2.18. The highest BCUT2D eigenvalue weighted by atomic mass is 16.2. The quantitative estimate of drug-likeness (QED) is 0.659. The summed E-state index contributed by atoms with van der Waals surface area (Å²) < 4.78 is 0. The van der Waals surface area contributed by atoms with E-state index < -0.39 is 11.8 Å². The largest absolute Gasteiger partial charge is 0.378 e. The maximum atomic E-state index is 12.3. The summed E-state index contributed by atoms with van der Waals surface area (Å²) in [6, 6.07) is 13.9. The fourth-order valence-corrected chi connectivity index (χ4v) is 3.00. The van der Waals surface area contributed by atoms with Crippen LogP contribution in [0.3, 0.4) is 0 Å². The van der Waals surface area contributed by atoms with Gasteiger partial charge in [-0.2, -0.15) is 0 Å². The van der Waals surface area contributed by atoms with Crippen LogP contribution in [0.15, 0.2) is 42.5 Å². The number of nitrogens with one attached hydrogen (secondary N) is 3. The van der Waals surface area contributed by atoms with Gasteiger partial charge in [0.1, 0.15) is 6.04 Å². The van der Waals surface area contributed by atoms with Gasteiger partial charge < -0.3 is 20.4 Å². The number of quaternary nitrogens is 1. The number of amides is 2. The molecule has 0 aromatic heterocycles. The predicted octanol–water partition coefficient (Wildman–Crippen LogP) is 1.31. The Hall–Kier alpha value is -2.86. The number of aryl methyl sites for hydroxylation is 1. The number of likely N-dealkylation sites (N-methyl/N-ethyl adjacent to an activating group) is 1. The molecule has 6 nitrogen and oxygen atoms in total. The number of hydrogen-bond acceptors (Lipinski definition) is 3. The Bertz CT molecular complexity index is 829. The molecule has 28 heavy (non-hydrogen) atoms. The molecule has 2 aromatic carbocycles. The monoisotopic (exact) mass is 383 g/mol. The van der Waals surface area contributed by atoms with Crippen LogP contribution in [-0.4, -0.2) is 46.5 Å². The molecule has 1 atom stereocenters. The summed E-state index contributed by atoms with van der Waals surface area (Å²) in [5, 5.41) is 5.47. The molecule has 3 N–H and O–H groups in total. The second-order valence-electron chi connectivity index (χ2n) is 7.53. The van der Waals surface area contributed by atoms with Gasteiger partial charge in [-0.1, -0.05) is 24.3 Å². The van der Waals surface area contributed by atoms with Gasteiger partial charge in [0.2, 0.25) is 0 Å². The molecule has 150 valence electrons. The predicted molar refractivity (Wildman–Crippen MR) is 114 cm³/mol. The number of rotatable bonds is 6. The highest BCUT2D eigenvalue weighted by Gasteiger charge is 2.22. The standard InChI is InChI=1S/C22H30N4O2/c1-15-8-7-9-19(16(15)2)24-22(28)21(27)23-14-20(26(5)6)17-10-12-18(13-11-17)25(3)4/h7-13,20H,14H2,1-6H3,(H,23,27)(H,24,28)/p+1/t20-/m0/s1. The van der Waals surface area contributed by atoms with E-state index in [9.17, 15) is 9.59 Å². The zero-order valence-electron chi connectivity index (χ0n) is 17.6. The smallest absolute Gasteiger partial charge is 0.313 e. The summed E-state index contributed by atoms with van der Waals surface area (Å²) in [5.41, 5.74) is 4.92. The zero-order chi connectivity index (χ0) is 20.8. The molecule has 0 radical (unpaired) electrons. The lowest BCUT2D eigenvalue weighted by atomic mass is 10.1. The minimum absolute atomic E-state index is 0.0497. The maximum Gasteiger partial charge on any atom is 0.313 e. The van der Waals surface area contributed by atoms with Crippen LogP contribution in [0.4, 0.5) is 11.4 Å². The first-order chi connectivity index (χ1) is 13.2. The van der Waals surface area contributed by atoms with Crippen LogP contribution >= 0.6 is 0 Å². The third-order valence-electron chi connectivity index (χ3n) is 5.03. The Morgan fingerprint density at radius 3 is 2.21 bits per heavy atom. The number of carbonyl (C=O) groups excluding carboxylic acids is 2. The van der Waals surface area contributed by atoms with Crippen LogP contribution in [0.1, 0.15) is 22.7 Å². The number of benzene rings is 2. The second-order valence-corrected chi connectivity index (χ2v) is 7.53. The Kier molecular flexibility index (Phi) is 7.18. The lowest BCUT2D eigenvalue weighted by Crippen LogP contribution is -3.07. The third-order valence-corrected chi connectivity index (χ3v) is 5.03. The first-order valence-corrected chi connectivity index (χ1v) is 9.43. The molecule has 2 amide bonds. The van der Waals surface area contributed by atoms with E-state index in [4.69, 9.17) is 0 Å². The molecule has 0 saturated heterocycles. The van der Waals surface area contributed by atoms with Crippen molar-refractivity contribution in [3.05, 3.63) is 59.2 Å². The van der Waals surface area contributed by atoms with Gasteiger partial charge in [0.05, 0.1) is 20.6 Å². The lowest BCUT2D eigenvalue weighted by Gasteiger charge is -2.23. The summed E-state index contributed by atoms with van der Waals surface area (Å²) in [5.74, 6) is -1.28. The number of anilines is 2. The van der Waals surface area contributed by atoms with Gasteiger partial charge in [0.25, 0.3) is 0 Å². The molecular weight excluding hydrogens is 352 g/mol. The Balaban J connectivity index is 2.01. The summed E-state index contributed by atoms with van der Waals surface area (Å²) in [6.45, 7) is 4.27. The van der Waals surface area contributed by atoms with E-state index in [1.165, 1.54) is 4.90 Å². The van der Waals surface area contributed by atoms with E-state index in [0.717, 1.165) is 22.4 Å². The van der Waals surface area contributed by atoms with Crippen molar-refractivity contribution in [3.63, 3.8) is 0 Å².